The molecule has 2 heterocycles. The lowest BCUT2D eigenvalue weighted by atomic mass is 9.98. The van der Waals surface area contributed by atoms with Crippen molar-refractivity contribution in [3.8, 4) is 0 Å². The number of hydrogen-bond donors (Lipinski definition) is 1. The lowest BCUT2D eigenvalue weighted by Gasteiger charge is -2.13. The van der Waals surface area contributed by atoms with Crippen LogP contribution in [-0.4, -0.2) is 30.0 Å². The topological polar surface area (TPSA) is 96.7 Å². The number of nitrogens with two attached hydrogens (primary N) is 1. The molecular formula is C38H41N7O. The first-order chi connectivity index (χ1) is 22.7. The van der Waals surface area contributed by atoms with E-state index in [1.165, 1.54) is 22.3 Å². The molecule has 46 heavy (non-hydrogen) atoms. The Hall–Kier alpha value is -4.92. The molecule has 0 aliphatic rings. The largest absolute Gasteiger partial charge is 0.369 e. The minimum absolute atomic E-state index is 0.108. The molecule has 0 saturated heterocycles. The predicted octanol–water partition coefficient (Wildman–Crippen LogP) is 6.49. The Morgan fingerprint density at radius 3 is 1.57 bits per heavy atom. The zero-order valence-corrected chi connectivity index (χ0v) is 26.2. The molecule has 0 aliphatic heterocycles. The molecule has 8 heteroatoms. The summed E-state index contributed by atoms with van der Waals surface area (Å²) in [6, 6.07) is 38.2. The van der Waals surface area contributed by atoms with Crippen molar-refractivity contribution in [3.05, 3.63) is 166 Å². The highest BCUT2D eigenvalue weighted by molar-refractivity contribution is 5.33. The van der Waals surface area contributed by atoms with Gasteiger partial charge in [-0.15, -0.1) is 10.2 Å². The Bertz CT molecular complexity index is 1750. The highest BCUT2D eigenvalue weighted by atomic mass is 16.5. The molecule has 0 bridgehead atoms. The normalized spacial score (nSPS) is 11.9. The van der Waals surface area contributed by atoms with E-state index in [-0.39, 0.29) is 6.04 Å². The van der Waals surface area contributed by atoms with E-state index < -0.39 is 0 Å². The summed E-state index contributed by atoms with van der Waals surface area (Å²) in [7, 11) is 0. The Labute approximate surface area is 270 Å². The van der Waals surface area contributed by atoms with Gasteiger partial charge in [0.2, 0.25) is 0 Å². The SMILES string of the molecule is NC(c1ccccc1)c1ccc(CCCn2cc(COCc3cn(CCCc4ccc(Cc5ccccc5)cc4)nn3)nn2)cc1. The van der Waals surface area contributed by atoms with Gasteiger partial charge >= 0.3 is 0 Å². The maximum atomic E-state index is 6.43. The number of ether oxygens (including phenoxy) is 1. The van der Waals surface area contributed by atoms with Gasteiger partial charge in [0.05, 0.1) is 31.6 Å². The van der Waals surface area contributed by atoms with Gasteiger partial charge in [-0.3, -0.25) is 9.36 Å². The molecule has 1 unspecified atom stereocenters. The number of rotatable bonds is 16. The lowest BCUT2D eigenvalue weighted by Crippen LogP contribution is -2.11. The first-order valence-corrected chi connectivity index (χ1v) is 16.0. The fraction of sp³-hybridized carbons (Fsp3) is 0.263. The average molecular weight is 612 g/mol. The molecule has 8 nitrogen and oxygen atoms in total. The predicted molar refractivity (Wildman–Crippen MR) is 180 cm³/mol. The van der Waals surface area contributed by atoms with Crippen LogP contribution in [0.4, 0.5) is 0 Å². The Morgan fingerprint density at radius 1 is 0.543 bits per heavy atom. The van der Waals surface area contributed by atoms with Crippen molar-refractivity contribution in [2.45, 2.75) is 64.4 Å². The fourth-order valence-corrected chi connectivity index (χ4v) is 5.58. The van der Waals surface area contributed by atoms with Gasteiger partial charge in [-0.2, -0.15) is 0 Å². The molecule has 1 atom stereocenters. The monoisotopic (exact) mass is 611 g/mol. The minimum Gasteiger partial charge on any atom is -0.369 e. The van der Waals surface area contributed by atoms with E-state index >= 15 is 0 Å². The maximum absolute atomic E-state index is 6.43. The molecule has 0 amide bonds. The zero-order valence-electron chi connectivity index (χ0n) is 26.2. The third-order valence-electron chi connectivity index (χ3n) is 8.15. The summed E-state index contributed by atoms with van der Waals surface area (Å²) < 4.78 is 9.63. The fourth-order valence-electron chi connectivity index (χ4n) is 5.58. The van der Waals surface area contributed by atoms with Gasteiger partial charge in [-0.25, -0.2) is 0 Å². The Balaban J connectivity index is 0.861. The Morgan fingerprint density at radius 2 is 1.00 bits per heavy atom. The van der Waals surface area contributed by atoms with Crippen LogP contribution in [0.3, 0.4) is 0 Å². The van der Waals surface area contributed by atoms with Crippen LogP contribution >= 0.6 is 0 Å². The van der Waals surface area contributed by atoms with Crippen LogP contribution in [0.15, 0.2) is 122 Å². The third-order valence-corrected chi connectivity index (χ3v) is 8.15. The molecule has 0 spiro atoms. The molecule has 6 aromatic rings. The first kappa shape index (κ1) is 31.1. The van der Waals surface area contributed by atoms with Crippen molar-refractivity contribution in [2.75, 3.05) is 0 Å². The van der Waals surface area contributed by atoms with E-state index in [1.807, 2.05) is 40.0 Å². The number of aromatic nitrogens is 6. The van der Waals surface area contributed by atoms with Crippen LogP contribution in [0.1, 0.15) is 63.7 Å². The van der Waals surface area contributed by atoms with E-state index in [1.54, 1.807) is 0 Å². The summed E-state index contributed by atoms with van der Waals surface area (Å²) in [5, 5.41) is 17.1. The van der Waals surface area contributed by atoms with Crippen LogP contribution < -0.4 is 5.73 Å². The molecular weight excluding hydrogens is 570 g/mol. The van der Waals surface area contributed by atoms with Crippen LogP contribution in [0.2, 0.25) is 0 Å². The quantitative estimate of drug-likeness (QED) is 0.134. The highest BCUT2D eigenvalue weighted by Crippen LogP contribution is 2.20. The smallest absolute Gasteiger partial charge is 0.108 e. The van der Waals surface area contributed by atoms with Gasteiger partial charge in [0.15, 0.2) is 0 Å². The van der Waals surface area contributed by atoms with Crippen LogP contribution in [-0.2, 0) is 50.3 Å². The molecule has 234 valence electrons. The van der Waals surface area contributed by atoms with E-state index in [9.17, 15) is 0 Å². The summed E-state index contributed by atoms with van der Waals surface area (Å²) in [5.41, 5.74) is 15.6. The average Bonchev–Trinajstić information content (AvgIpc) is 3.76. The summed E-state index contributed by atoms with van der Waals surface area (Å²) in [4.78, 5) is 0. The van der Waals surface area contributed by atoms with Crippen molar-refractivity contribution in [1.29, 1.82) is 0 Å². The summed E-state index contributed by atoms with van der Waals surface area (Å²) in [5.74, 6) is 0. The number of aryl methyl sites for hydroxylation is 4. The minimum atomic E-state index is -0.108. The third kappa shape index (κ3) is 9.06. The van der Waals surface area contributed by atoms with E-state index in [4.69, 9.17) is 10.5 Å². The van der Waals surface area contributed by atoms with Crippen LogP contribution in [0.25, 0.3) is 0 Å². The maximum Gasteiger partial charge on any atom is 0.108 e. The number of nitrogens with zero attached hydrogens (tertiary/aromatic N) is 6. The molecule has 6 rings (SSSR count). The van der Waals surface area contributed by atoms with Gasteiger partial charge in [-0.05, 0) is 65.5 Å². The summed E-state index contributed by atoms with van der Waals surface area (Å²) in [6.07, 6.45) is 8.81. The van der Waals surface area contributed by atoms with Crippen LogP contribution in [0, 0.1) is 0 Å². The molecule has 2 aromatic heterocycles. The van der Waals surface area contributed by atoms with Gasteiger partial charge < -0.3 is 10.5 Å². The van der Waals surface area contributed by atoms with Crippen LogP contribution in [0.5, 0.6) is 0 Å². The van der Waals surface area contributed by atoms with Crippen molar-refractivity contribution in [1.82, 2.24) is 30.0 Å². The Kier molecular flexibility index (Phi) is 10.7. The van der Waals surface area contributed by atoms with E-state index in [0.29, 0.717) is 13.2 Å². The van der Waals surface area contributed by atoms with E-state index in [0.717, 1.165) is 67.7 Å². The molecule has 4 aromatic carbocycles. The van der Waals surface area contributed by atoms with Crippen molar-refractivity contribution in [3.63, 3.8) is 0 Å². The number of benzene rings is 4. The standard InChI is InChI=1S/C38H41N7O/c39-38(34-13-5-2-6-14-34)35-21-19-31(20-22-35)12-8-24-45-27-37(41-43-45)29-46-28-36-26-44(42-40-36)23-7-11-30-15-17-33(18-16-30)25-32-9-3-1-4-10-32/h1-6,9-10,13-22,26-27,38H,7-8,11-12,23-25,28-29,39H2. The van der Waals surface area contributed by atoms with Crippen molar-refractivity contribution >= 4 is 0 Å². The highest BCUT2D eigenvalue weighted by Gasteiger charge is 2.09. The first-order valence-electron chi connectivity index (χ1n) is 16.0. The van der Waals surface area contributed by atoms with Crippen molar-refractivity contribution in [2.24, 2.45) is 5.73 Å². The number of hydrogen-bond acceptors (Lipinski definition) is 6. The van der Waals surface area contributed by atoms with Crippen molar-refractivity contribution < 1.29 is 4.74 Å². The molecule has 0 radical (unpaired) electrons. The zero-order chi connectivity index (χ0) is 31.4. The second-order valence-corrected chi connectivity index (χ2v) is 11.8. The second-order valence-electron chi connectivity index (χ2n) is 11.8. The van der Waals surface area contributed by atoms with Gasteiger partial charge in [0.1, 0.15) is 11.4 Å². The summed E-state index contributed by atoms with van der Waals surface area (Å²) >= 11 is 0. The molecule has 2 N–H and O–H groups in total. The molecule has 0 saturated carbocycles. The second kappa shape index (κ2) is 15.9. The summed E-state index contributed by atoms with van der Waals surface area (Å²) in [6.45, 7) is 2.39. The van der Waals surface area contributed by atoms with Gasteiger partial charge in [-0.1, -0.05) is 120 Å². The molecule has 0 fully saturated rings. The van der Waals surface area contributed by atoms with E-state index in [2.05, 4.69) is 112 Å². The van der Waals surface area contributed by atoms with Gasteiger partial charge in [0.25, 0.3) is 0 Å². The van der Waals surface area contributed by atoms with Gasteiger partial charge in [0, 0.05) is 13.1 Å². The molecule has 0 aliphatic carbocycles. The lowest BCUT2D eigenvalue weighted by molar-refractivity contribution is 0.102.